The van der Waals surface area contributed by atoms with Crippen LogP contribution in [0.4, 0.5) is 0 Å². The summed E-state index contributed by atoms with van der Waals surface area (Å²) in [6, 6.07) is 21.0. The van der Waals surface area contributed by atoms with Crippen molar-refractivity contribution in [2.75, 3.05) is 13.1 Å². The van der Waals surface area contributed by atoms with Crippen LogP contribution in [0.25, 0.3) is 0 Å². The van der Waals surface area contributed by atoms with Crippen LogP contribution in [0.3, 0.4) is 0 Å². The minimum absolute atomic E-state index is 0.0816. The van der Waals surface area contributed by atoms with Gasteiger partial charge in [0, 0.05) is 19.1 Å². The predicted octanol–water partition coefficient (Wildman–Crippen LogP) is 6.23. The highest BCUT2D eigenvalue weighted by Gasteiger charge is 2.39. The van der Waals surface area contributed by atoms with Crippen molar-refractivity contribution in [3.63, 3.8) is 0 Å². The van der Waals surface area contributed by atoms with E-state index in [-0.39, 0.29) is 18.2 Å². The van der Waals surface area contributed by atoms with Crippen LogP contribution in [0.5, 0.6) is 0 Å². The van der Waals surface area contributed by atoms with Crippen molar-refractivity contribution in [1.29, 1.82) is 0 Å². The van der Waals surface area contributed by atoms with Crippen molar-refractivity contribution in [3.8, 4) is 0 Å². The van der Waals surface area contributed by atoms with Crippen LogP contribution in [0.2, 0.25) is 0 Å². The number of halogens is 1. The summed E-state index contributed by atoms with van der Waals surface area (Å²) >= 11 is 7.06. The van der Waals surface area contributed by atoms with Crippen LogP contribution in [-0.4, -0.2) is 46.1 Å². The first-order chi connectivity index (χ1) is 16.5. The highest BCUT2D eigenvalue weighted by Crippen LogP contribution is 2.37. The SMILES string of the molecule is CCCC(N1CCC(OC(c2ccccc2)c2ccccc2)CC1)C1(Cl)C=CC(C(=O)O)C=C1. The Hall–Kier alpha value is -2.40. The minimum Gasteiger partial charge on any atom is -0.481 e. The lowest BCUT2D eigenvalue weighted by molar-refractivity contribution is -0.138. The molecule has 2 aromatic rings. The molecule has 0 amide bonds. The molecule has 180 valence electrons. The Bertz CT molecular complexity index is 929. The Kier molecular flexibility index (Phi) is 8.25. The van der Waals surface area contributed by atoms with Crippen LogP contribution >= 0.6 is 11.6 Å². The number of likely N-dealkylation sites (tertiary alicyclic amines) is 1. The highest BCUT2D eigenvalue weighted by atomic mass is 35.5. The lowest BCUT2D eigenvalue weighted by Gasteiger charge is -2.44. The van der Waals surface area contributed by atoms with Crippen LogP contribution < -0.4 is 0 Å². The molecular formula is C29H34ClNO3. The number of nitrogens with zero attached hydrogens (tertiary/aromatic N) is 1. The number of hydrogen-bond donors (Lipinski definition) is 1. The molecule has 2 aliphatic rings. The average molecular weight is 480 g/mol. The van der Waals surface area contributed by atoms with Gasteiger partial charge in [-0.15, -0.1) is 11.6 Å². The van der Waals surface area contributed by atoms with E-state index in [0.717, 1.165) is 38.8 Å². The van der Waals surface area contributed by atoms with E-state index >= 15 is 0 Å². The monoisotopic (exact) mass is 479 g/mol. The van der Waals surface area contributed by atoms with Crippen molar-refractivity contribution in [1.82, 2.24) is 4.90 Å². The lowest BCUT2D eigenvalue weighted by Crippen LogP contribution is -2.52. The normalized spacial score (nSPS) is 24.4. The molecule has 1 aliphatic carbocycles. The molecule has 1 unspecified atom stereocenters. The van der Waals surface area contributed by atoms with Gasteiger partial charge in [0.25, 0.3) is 0 Å². The summed E-state index contributed by atoms with van der Waals surface area (Å²) in [7, 11) is 0. The summed E-state index contributed by atoms with van der Waals surface area (Å²) < 4.78 is 6.71. The molecule has 1 atom stereocenters. The third kappa shape index (κ3) is 5.80. The van der Waals surface area contributed by atoms with Crippen molar-refractivity contribution < 1.29 is 14.6 Å². The van der Waals surface area contributed by atoms with Gasteiger partial charge in [-0.05, 0) is 30.4 Å². The van der Waals surface area contributed by atoms with E-state index in [1.165, 1.54) is 11.1 Å². The van der Waals surface area contributed by atoms with Gasteiger partial charge in [-0.25, -0.2) is 0 Å². The molecular weight excluding hydrogens is 446 g/mol. The fourth-order valence-electron chi connectivity index (χ4n) is 5.09. The van der Waals surface area contributed by atoms with Crippen LogP contribution in [0, 0.1) is 5.92 Å². The predicted molar refractivity (Wildman–Crippen MR) is 137 cm³/mol. The number of ether oxygens (including phenoxy) is 1. The second-order valence-corrected chi connectivity index (χ2v) is 9.94. The van der Waals surface area contributed by atoms with Gasteiger partial charge in [0.1, 0.15) is 6.10 Å². The summed E-state index contributed by atoms with van der Waals surface area (Å²) in [5.74, 6) is -1.44. The van der Waals surface area contributed by atoms with Gasteiger partial charge >= 0.3 is 5.97 Å². The fraction of sp³-hybridized carbons (Fsp3) is 0.414. The second-order valence-electron chi connectivity index (χ2n) is 9.29. The average Bonchev–Trinajstić information content (AvgIpc) is 2.87. The third-order valence-electron chi connectivity index (χ3n) is 6.93. The fourth-order valence-corrected chi connectivity index (χ4v) is 5.48. The highest BCUT2D eigenvalue weighted by molar-refractivity contribution is 6.27. The number of aliphatic carboxylic acids is 1. The molecule has 2 aromatic carbocycles. The molecule has 1 saturated heterocycles. The molecule has 4 nitrogen and oxygen atoms in total. The summed E-state index contributed by atoms with van der Waals surface area (Å²) in [5, 5.41) is 9.30. The van der Waals surface area contributed by atoms with Crippen LogP contribution in [0.1, 0.15) is 49.8 Å². The number of alkyl halides is 1. The van der Waals surface area contributed by atoms with E-state index in [1.54, 1.807) is 12.2 Å². The zero-order valence-corrected chi connectivity index (χ0v) is 20.5. The summed E-state index contributed by atoms with van der Waals surface area (Å²) in [4.78, 5) is 13.1. The molecule has 5 heteroatoms. The molecule has 4 rings (SSSR count). The van der Waals surface area contributed by atoms with E-state index in [9.17, 15) is 9.90 Å². The first-order valence-electron chi connectivity index (χ1n) is 12.3. The Morgan fingerprint density at radius 2 is 1.56 bits per heavy atom. The van der Waals surface area contributed by atoms with Crippen molar-refractivity contribution >= 4 is 17.6 Å². The third-order valence-corrected chi connectivity index (χ3v) is 7.43. The van der Waals surface area contributed by atoms with Gasteiger partial charge in [0.2, 0.25) is 0 Å². The van der Waals surface area contributed by atoms with Crippen LogP contribution in [-0.2, 0) is 9.53 Å². The zero-order chi connectivity index (χ0) is 24.0. The van der Waals surface area contributed by atoms with E-state index < -0.39 is 16.8 Å². The molecule has 0 spiro atoms. The molecule has 0 saturated carbocycles. The number of carboxylic acid groups (broad SMARTS) is 1. The summed E-state index contributed by atoms with van der Waals surface area (Å²) in [6.07, 6.45) is 11.2. The Morgan fingerprint density at radius 3 is 2.03 bits per heavy atom. The smallest absolute Gasteiger partial charge is 0.314 e. The lowest BCUT2D eigenvalue weighted by atomic mass is 9.86. The van der Waals surface area contributed by atoms with E-state index in [1.807, 2.05) is 24.3 Å². The molecule has 1 fully saturated rings. The quantitative estimate of drug-likeness (QED) is 0.342. The van der Waals surface area contributed by atoms with Gasteiger partial charge < -0.3 is 9.84 Å². The van der Waals surface area contributed by atoms with Gasteiger partial charge in [-0.3, -0.25) is 9.69 Å². The summed E-state index contributed by atoms with van der Waals surface area (Å²) in [6.45, 7) is 3.98. The first kappa shape index (κ1) is 24.7. The molecule has 34 heavy (non-hydrogen) atoms. The minimum atomic E-state index is -0.845. The second kappa shape index (κ2) is 11.4. The largest absolute Gasteiger partial charge is 0.481 e. The van der Waals surface area contributed by atoms with E-state index in [4.69, 9.17) is 16.3 Å². The molecule has 1 aliphatic heterocycles. The van der Waals surface area contributed by atoms with E-state index in [0.29, 0.717) is 0 Å². The van der Waals surface area contributed by atoms with Crippen LogP contribution in [0.15, 0.2) is 85.0 Å². The Morgan fingerprint density at radius 1 is 1.03 bits per heavy atom. The maximum Gasteiger partial charge on any atom is 0.314 e. The van der Waals surface area contributed by atoms with E-state index in [2.05, 4.69) is 60.4 Å². The standard InChI is InChI=1S/C29H34ClNO3/c1-2-9-26(29(30)18-14-24(15-19-29)28(32)33)31-20-16-25(17-21-31)34-27(22-10-5-3-6-11-22)23-12-7-4-8-13-23/h3-8,10-15,18-19,24-27H,2,9,16-17,20-21H2,1H3,(H,32,33). The topological polar surface area (TPSA) is 49.8 Å². The van der Waals surface area contributed by atoms with Gasteiger partial charge in [0.15, 0.2) is 0 Å². The van der Waals surface area contributed by atoms with Gasteiger partial charge in [-0.2, -0.15) is 0 Å². The number of carbonyl (C=O) groups is 1. The van der Waals surface area contributed by atoms with Gasteiger partial charge in [0.05, 0.1) is 16.9 Å². The number of hydrogen-bond acceptors (Lipinski definition) is 3. The first-order valence-corrected chi connectivity index (χ1v) is 12.7. The van der Waals surface area contributed by atoms with Crippen molar-refractivity contribution in [2.45, 2.75) is 55.7 Å². The zero-order valence-electron chi connectivity index (χ0n) is 19.7. The maximum absolute atomic E-state index is 11.3. The molecule has 0 radical (unpaired) electrons. The number of carboxylic acids is 1. The Balaban J connectivity index is 1.43. The molecule has 1 heterocycles. The maximum atomic E-state index is 11.3. The number of piperidine rings is 1. The molecule has 0 aromatic heterocycles. The number of benzene rings is 2. The van der Waals surface area contributed by atoms with Crippen molar-refractivity contribution in [2.24, 2.45) is 5.92 Å². The number of rotatable bonds is 9. The molecule has 0 bridgehead atoms. The van der Waals surface area contributed by atoms with Crippen molar-refractivity contribution in [3.05, 3.63) is 96.1 Å². The molecule has 1 N–H and O–H groups in total. The Labute approximate surface area is 207 Å². The summed E-state index contributed by atoms with van der Waals surface area (Å²) in [5.41, 5.74) is 2.34. The van der Waals surface area contributed by atoms with Gasteiger partial charge in [-0.1, -0.05) is 98.3 Å².